The minimum atomic E-state index is -0.166. The lowest BCUT2D eigenvalue weighted by Gasteiger charge is -2.29. The number of aryl methyl sites for hydroxylation is 1. The summed E-state index contributed by atoms with van der Waals surface area (Å²) in [6.07, 6.45) is 11.3. The highest BCUT2D eigenvalue weighted by atomic mass is 16.2. The first-order valence-electron chi connectivity index (χ1n) is 13.0. The first kappa shape index (κ1) is 22.2. The molecule has 1 atom stereocenters. The summed E-state index contributed by atoms with van der Waals surface area (Å²) in [5, 5.41) is 11.3. The predicted octanol–water partition coefficient (Wildman–Crippen LogP) is 4.32. The van der Waals surface area contributed by atoms with Crippen molar-refractivity contribution in [3.05, 3.63) is 23.0 Å². The summed E-state index contributed by atoms with van der Waals surface area (Å²) >= 11 is 0. The van der Waals surface area contributed by atoms with Crippen LogP contribution in [0.3, 0.4) is 0 Å². The van der Waals surface area contributed by atoms with E-state index in [4.69, 9.17) is 9.97 Å². The maximum absolute atomic E-state index is 13.2. The van der Waals surface area contributed by atoms with E-state index < -0.39 is 0 Å². The van der Waals surface area contributed by atoms with E-state index in [9.17, 15) is 4.79 Å². The highest BCUT2D eigenvalue weighted by Gasteiger charge is 2.35. The number of carbonyl (C=O) groups is 1. The third-order valence-electron chi connectivity index (χ3n) is 7.68. The molecule has 33 heavy (non-hydrogen) atoms. The topological polar surface area (TPSA) is 90.0 Å². The molecule has 1 unspecified atom stereocenters. The van der Waals surface area contributed by atoms with E-state index in [2.05, 4.69) is 26.5 Å². The fraction of sp³-hybridized carbons (Fsp3) is 0.680. The third kappa shape index (κ3) is 4.44. The molecular formula is C25H37N7O. The second-order valence-corrected chi connectivity index (χ2v) is 9.68. The Kier molecular flexibility index (Phi) is 6.51. The summed E-state index contributed by atoms with van der Waals surface area (Å²) < 4.78 is 0. The van der Waals surface area contributed by atoms with Crippen LogP contribution >= 0.6 is 0 Å². The van der Waals surface area contributed by atoms with Crippen LogP contribution in [0.4, 0.5) is 17.6 Å². The van der Waals surface area contributed by atoms with Crippen molar-refractivity contribution < 1.29 is 4.79 Å². The smallest absolute Gasteiger partial charge is 0.245 e. The molecular weight excluding hydrogens is 414 g/mol. The monoisotopic (exact) mass is 451 g/mol. The Morgan fingerprint density at radius 1 is 1.09 bits per heavy atom. The van der Waals surface area contributed by atoms with Crippen LogP contribution in [0.25, 0.3) is 0 Å². The van der Waals surface area contributed by atoms with Gasteiger partial charge < -0.3 is 15.1 Å². The molecule has 8 heteroatoms. The number of aromatic nitrogens is 4. The summed E-state index contributed by atoms with van der Waals surface area (Å²) in [7, 11) is 0. The largest absolute Gasteiger partial charge is 0.341 e. The molecule has 2 N–H and O–H groups in total. The van der Waals surface area contributed by atoms with Gasteiger partial charge in [0.25, 0.3) is 0 Å². The summed E-state index contributed by atoms with van der Waals surface area (Å²) in [5.74, 6) is 3.15. The minimum Gasteiger partial charge on any atom is -0.341 e. The predicted molar refractivity (Wildman–Crippen MR) is 130 cm³/mol. The van der Waals surface area contributed by atoms with Gasteiger partial charge in [-0.3, -0.25) is 9.89 Å². The maximum Gasteiger partial charge on any atom is 0.245 e. The van der Waals surface area contributed by atoms with Crippen LogP contribution in [0.15, 0.2) is 6.07 Å². The van der Waals surface area contributed by atoms with Crippen molar-refractivity contribution in [2.75, 3.05) is 29.9 Å². The number of fused-ring (bicyclic) bond motifs is 1. The molecule has 8 nitrogen and oxygen atoms in total. The van der Waals surface area contributed by atoms with Crippen LogP contribution < -0.4 is 10.2 Å². The van der Waals surface area contributed by atoms with Crippen LogP contribution in [0.1, 0.15) is 88.1 Å². The lowest BCUT2D eigenvalue weighted by Crippen LogP contribution is -2.46. The molecule has 5 rings (SSSR count). The molecule has 178 valence electrons. The number of hydrogen-bond acceptors (Lipinski definition) is 6. The van der Waals surface area contributed by atoms with Crippen molar-refractivity contribution in [1.29, 1.82) is 0 Å². The fourth-order valence-corrected chi connectivity index (χ4v) is 5.80. The van der Waals surface area contributed by atoms with Crippen LogP contribution in [0.2, 0.25) is 0 Å². The number of H-pyrrole nitrogens is 1. The van der Waals surface area contributed by atoms with Crippen LogP contribution in [-0.4, -0.2) is 56.6 Å². The molecule has 1 saturated heterocycles. The van der Waals surface area contributed by atoms with Gasteiger partial charge in [-0.25, -0.2) is 4.98 Å². The van der Waals surface area contributed by atoms with Crippen molar-refractivity contribution in [3.8, 4) is 0 Å². The highest BCUT2D eigenvalue weighted by Crippen LogP contribution is 2.35. The molecule has 3 heterocycles. The van der Waals surface area contributed by atoms with E-state index in [0.717, 1.165) is 69.1 Å². The molecule has 1 amide bonds. The SMILES string of the molecule is CCN(CC)C(=O)C1CCCN1c1nc2c(c(Nc3cc(C4CCCCC4)[nH]n3)n1)CCC2. The van der Waals surface area contributed by atoms with Gasteiger partial charge in [-0.15, -0.1) is 0 Å². The first-order valence-corrected chi connectivity index (χ1v) is 13.0. The standard InChI is InChI=1S/C25H37N7O/c1-3-31(4-2)24(33)21-14-9-15-32(21)25-26-19-13-8-12-18(19)23(28-25)27-22-16-20(29-30-22)17-10-6-5-7-11-17/h16-17,21H,3-15H2,1-2H3,(H2,26,27,28,29,30). The molecule has 2 aromatic heterocycles. The normalized spacial score (nSPS) is 20.8. The number of nitrogens with one attached hydrogen (secondary N) is 2. The summed E-state index contributed by atoms with van der Waals surface area (Å²) in [6.45, 7) is 6.38. The average molecular weight is 452 g/mol. The number of likely N-dealkylation sites (N-methyl/N-ethyl adjacent to an activating group) is 1. The van der Waals surface area contributed by atoms with Crippen molar-refractivity contribution in [2.24, 2.45) is 0 Å². The zero-order chi connectivity index (χ0) is 22.8. The highest BCUT2D eigenvalue weighted by molar-refractivity contribution is 5.85. The number of amides is 1. The van der Waals surface area contributed by atoms with E-state index in [1.807, 2.05) is 18.7 Å². The van der Waals surface area contributed by atoms with E-state index in [1.54, 1.807) is 0 Å². The second-order valence-electron chi connectivity index (χ2n) is 9.68. The van der Waals surface area contributed by atoms with Gasteiger partial charge in [0.15, 0.2) is 5.82 Å². The molecule has 2 aliphatic carbocycles. The van der Waals surface area contributed by atoms with Gasteiger partial charge in [-0.2, -0.15) is 10.1 Å². The third-order valence-corrected chi connectivity index (χ3v) is 7.68. The lowest BCUT2D eigenvalue weighted by molar-refractivity contribution is -0.132. The molecule has 2 aromatic rings. The number of anilines is 3. The first-order chi connectivity index (χ1) is 16.2. The molecule has 1 aliphatic heterocycles. The van der Waals surface area contributed by atoms with Gasteiger partial charge in [-0.05, 0) is 58.8 Å². The second kappa shape index (κ2) is 9.69. The molecule has 3 aliphatic rings. The Morgan fingerprint density at radius 3 is 2.70 bits per heavy atom. The van der Waals surface area contributed by atoms with Gasteiger partial charge in [-0.1, -0.05) is 19.3 Å². The molecule has 2 fully saturated rings. The van der Waals surface area contributed by atoms with Crippen LogP contribution in [0.5, 0.6) is 0 Å². The zero-order valence-electron chi connectivity index (χ0n) is 20.1. The van der Waals surface area contributed by atoms with Crippen molar-refractivity contribution >= 4 is 23.5 Å². The summed E-state index contributed by atoms with van der Waals surface area (Å²) in [5.41, 5.74) is 3.55. The Bertz CT molecular complexity index is 977. The maximum atomic E-state index is 13.2. The number of rotatable bonds is 7. The Labute approximate surface area is 196 Å². The molecule has 0 bridgehead atoms. The molecule has 0 radical (unpaired) electrons. The van der Waals surface area contributed by atoms with Gasteiger partial charge in [0, 0.05) is 42.9 Å². The lowest BCUT2D eigenvalue weighted by atomic mass is 9.87. The van der Waals surface area contributed by atoms with Crippen molar-refractivity contribution in [1.82, 2.24) is 25.1 Å². The van der Waals surface area contributed by atoms with E-state index >= 15 is 0 Å². The van der Waals surface area contributed by atoms with E-state index in [1.165, 1.54) is 43.4 Å². The summed E-state index contributed by atoms with van der Waals surface area (Å²) in [6, 6.07) is 1.99. The van der Waals surface area contributed by atoms with Crippen LogP contribution in [0, 0.1) is 0 Å². The summed E-state index contributed by atoms with van der Waals surface area (Å²) in [4.78, 5) is 27.1. The van der Waals surface area contributed by atoms with Crippen molar-refractivity contribution in [2.45, 2.75) is 90.0 Å². The van der Waals surface area contributed by atoms with Gasteiger partial charge in [0.1, 0.15) is 11.9 Å². The molecule has 0 spiro atoms. The Balaban J connectivity index is 1.40. The number of aromatic amines is 1. The fourth-order valence-electron chi connectivity index (χ4n) is 5.80. The van der Waals surface area contributed by atoms with Crippen LogP contribution in [-0.2, 0) is 17.6 Å². The zero-order valence-corrected chi connectivity index (χ0v) is 20.1. The number of hydrogen-bond donors (Lipinski definition) is 2. The van der Waals surface area contributed by atoms with Gasteiger partial charge in [0.2, 0.25) is 11.9 Å². The molecule has 1 saturated carbocycles. The van der Waals surface area contributed by atoms with Gasteiger partial charge >= 0.3 is 0 Å². The van der Waals surface area contributed by atoms with E-state index in [0.29, 0.717) is 11.9 Å². The number of carbonyl (C=O) groups excluding carboxylic acids is 1. The quantitative estimate of drug-likeness (QED) is 0.652. The Hall–Kier alpha value is -2.64. The average Bonchev–Trinajstić information content (AvgIpc) is 3.60. The molecule has 0 aromatic carbocycles. The Morgan fingerprint density at radius 2 is 1.91 bits per heavy atom. The van der Waals surface area contributed by atoms with Gasteiger partial charge in [0.05, 0.1) is 5.69 Å². The number of nitrogens with zero attached hydrogens (tertiary/aromatic N) is 5. The van der Waals surface area contributed by atoms with Crippen molar-refractivity contribution in [3.63, 3.8) is 0 Å². The van der Waals surface area contributed by atoms with E-state index in [-0.39, 0.29) is 11.9 Å². The minimum absolute atomic E-state index is 0.166.